The number of nitrogen functional groups attached to an aromatic ring is 1. The molecule has 4 nitrogen and oxygen atoms in total. The van der Waals surface area contributed by atoms with Crippen LogP contribution in [0.2, 0.25) is 0 Å². The minimum atomic E-state index is 0.130. The summed E-state index contributed by atoms with van der Waals surface area (Å²) < 4.78 is 5.92. The second kappa shape index (κ2) is 5.47. The largest absolute Gasteiger partial charge is 0.384 e. The molecule has 0 saturated carbocycles. The molecule has 1 fully saturated rings. The van der Waals surface area contributed by atoms with Crippen LogP contribution < -0.4 is 5.73 Å². The molecule has 17 heavy (non-hydrogen) atoms. The van der Waals surface area contributed by atoms with Crippen molar-refractivity contribution in [1.29, 1.82) is 0 Å². The molecule has 4 heteroatoms. The summed E-state index contributed by atoms with van der Waals surface area (Å²) in [5.41, 5.74) is 6.71. The Labute approximate surface area is 103 Å². The molecule has 0 aliphatic carbocycles. The highest BCUT2D eigenvalue weighted by Crippen LogP contribution is 2.25. The lowest BCUT2D eigenvalue weighted by atomic mass is 10.1. The minimum absolute atomic E-state index is 0.130. The van der Waals surface area contributed by atoms with Crippen molar-refractivity contribution < 1.29 is 4.74 Å². The summed E-state index contributed by atoms with van der Waals surface area (Å²) in [5.74, 6) is 0.559. The average molecular weight is 235 g/mol. The lowest BCUT2D eigenvalue weighted by molar-refractivity contribution is -0.0643. The Morgan fingerprint density at radius 1 is 1.47 bits per heavy atom. The molecule has 1 aromatic rings. The van der Waals surface area contributed by atoms with E-state index in [2.05, 4.69) is 23.7 Å². The van der Waals surface area contributed by atoms with Gasteiger partial charge in [-0.1, -0.05) is 19.9 Å². The van der Waals surface area contributed by atoms with E-state index in [9.17, 15) is 0 Å². The highest BCUT2D eigenvalue weighted by atomic mass is 16.5. The Kier molecular flexibility index (Phi) is 3.97. The van der Waals surface area contributed by atoms with Gasteiger partial charge in [-0.15, -0.1) is 0 Å². The lowest BCUT2D eigenvalue weighted by Gasteiger charge is -2.38. The van der Waals surface area contributed by atoms with Crippen LogP contribution in [0, 0.1) is 0 Å². The first-order valence-electron chi connectivity index (χ1n) is 6.31. The zero-order valence-corrected chi connectivity index (χ0v) is 10.6. The third-order valence-corrected chi connectivity index (χ3v) is 3.46. The van der Waals surface area contributed by atoms with Crippen molar-refractivity contribution in [3.8, 4) is 0 Å². The van der Waals surface area contributed by atoms with Crippen LogP contribution in [0.5, 0.6) is 0 Å². The Morgan fingerprint density at radius 3 is 2.88 bits per heavy atom. The van der Waals surface area contributed by atoms with Gasteiger partial charge in [0.1, 0.15) is 5.82 Å². The molecule has 0 unspecified atom stereocenters. The second-order valence-electron chi connectivity index (χ2n) is 4.49. The molecule has 1 aliphatic heterocycles. The third kappa shape index (κ3) is 2.76. The minimum Gasteiger partial charge on any atom is -0.384 e. The van der Waals surface area contributed by atoms with Crippen LogP contribution in [0.15, 0.2) is 18.3 Å². The van der Waals surface area contributed by atoms with Gasteiger partial charge in [0.05, 0.1) is 12.7 Å². The molecule has 1 aliphatic rings. The number of hydrogen-bond donors (Lipinski definition) is 1. The molecular weight excluding hydrogens is 214 g/mol. The van der Waals surface area contributed by atoms with E-state index < -0.39 is 0 Å². The lowest BCUT2D eigenvalue weighted by Crippen LogP contribution is -2.46. The Bertz CT molecular complexity index is 352. The molecule has 0 radical (unpaired) electrons. The number of nitrogens with two attached hydrogens (primary N) is 1. The Hall–Kier alpha value is -1.13. The fraction of sp³-hybridized carbons (Fsp3) is 0.615. The number of nitrogens with zero attached hydrogens (tertiary/aromatic N) is 2. The predicted octanol–water partition coefficient (Wildman–Crippen LogP) is 1.84. The van der Waals surface area contributed by atoms with Crippen molar-refractivity contribution in [2.24, 2.45) is 0 Å². The summed E-state index contributed by atoms with van der Waals surface area (Å²) >= 11 is 0. The summed E-state index contributed by atoms with van der Waals surface area (Å²) in [6, 6.07) is 4.39. The smallest absolute Gasteiger partial charge is 0.123 e. The average Bonchev–Trinajstić information content (AvgIpc) is 2.39. The van der Waals surface area contributed by atoms with E-state index in [0.29, 0.717) is 11.9 Å². The number of rotatable bonds is 3. The van der Waals surface area contributed by atoms with Crippen molar-refractivity contribution in [1.82, 2.24) is 9.88 Å². The monoisotopic (exact) mass is 235 g/mol. The fourth-order valence-electron chi connectivity index (χ4n) is 2.32. The van der Waals surface area contributed by atoms with Gasteiger partial charge in [-0.3, -0.25) is 4.90 Å². The normalized spacial score (nSPS) is 26.0. The van der Waals surface area contributed by atoms with E-state index in [0.717, 1.165) is 31.7 Å². The van der Waals surface area contributed by atoms with Crippen molar-refractivity contribution in [2.45, 2.75) is 32.4 Å². The predicted molar refractivity (Wildman–Crippen MR) is 68.7 cm³/mol. The summed E-state index contributed by atoms with van der Waals surface area (Å²) in [4.78, 5) is 6.60. The molecule has 94 valence electrons. The van der Waals surface area contributed by atoms with E-state index in [-0.39, 0.29) is 6.10 Å². The van der Waals surface area contributed by atoms with Gasteiger partial charge >= 0.3 is 0 Å². The second-order valence-corrected chi connectivity index (χ2v) is 4.49. The first kappa shape index (κ1) is 12.3. The van der Waals surface area contributed by atoms with Crippen molar-refractivity contribution >= 4 is 5.82 Å². The van der Waals surface area contributed by atoms with Crippen LogP contribution in [-0.2, 0) is 4.74 Å². The van der Waals surface area contributed by atoms with Crippen molar-refractivity contribution in [3.63, 3.8) is 0 Å². The zero-order chi connectivity index (χ0) is 12.3. The number of likely N-dealkylation sites (N-methyl/N-ethyl adjacent to an activating group) is 1. The third-order valence-electron chi connectivity index (χ3n) is 3.46. The summed E-state index contributed by atoms with van der Waals surface area (Å²) in [6.45, 7) is 7.23. The number of aromatic nitrogens is 1. The van der Waals surface area contributed by atoms with Crippen LogP contribution in [0.3, 0.4) is 0 Å². The van der Waals surface area contributed by atoms with Gasteiger partial charge in [0, 0.05) is 24.3 Å². The van der Waals surface area contributed by atoms with Gasteiger partial charge in [-0.05, 0) is 19.0 Å². The molecule has 0 spiro atoms. The van der Waals surface area contributed by atoms with Crippen molar-refractivity contribution in [3.05, 3.63) is 23.9 Å². The highest BCUT2D eigenvalue weighted by molar-refractivity contribution is 5.30. The Morgan fingerprint density at radius 2 is 2.29 bits per heavy atom. The summed E-state index contributed by atoms with van der Waals surface area (Å²) in [6.07, 6.45) is 3.09. The van der Waals surface area contributed by atoms with Crippen LogP contribution in [-0.4, -0.2) is 35.6 Å². The maximum atomic E-state index is 5.92. The van der Waals surface area contributed by atoms with E-state index in [1.807, 2.05) is 18.3 Å². The van der Waals surface area contributed by atoms with Crippen molar-refractivity contribution in [2.75, 3.05) is 25.4 Å². The standard InChI is InChI=1S/C13H21N3O/c1-3-11-9-17-12(8-16(11)4-2)10-5-6-13(14)15-7-10/h5-7,11-12H,3-4,8-9H2,1-2H3,(H2,14,15)/t11-,12-/m0/s1. The molecule has 1 aromatic heterocycles. The van der Waals surface area contributed by atoms with Gasteiger partial charge in [0.15, 0.2) is 0 Å². The molecule has 2 atom stereocenters. The van der Waals surface area contributed by atoms with Gasteiger partial charge < -0.3 is 10.5 Å². The molecule has 0 bridgehead atoms. The van der Waals surface area contributed by atoms with E-state index in [1.165, 1.54) is 0 Å². The summed E-state index contributed by atoms with van der Waals surface area (Å²) in [5, 5.41) is 0. The maximum absolute atomic E-state index is 5.92. The van der Waals surface area contributed by atoms with E-state index >= 15 is 0 Å². The first-order chi connectivity index (χ1) is 8.24. The highest BCUT2D eigenvalue weighted by Gasteiger charge is 2.27. The van der Waals surface area contributed by atoms with Crippen LogP contribution in [0.4, 0.5) is 5.82 Å². The van der Waals surface area contributed by atoms with Crippen LogP contribution >= 0.6 is 0 Å². The van der Waals surface area contributed by atoms with Crippen LogP contribution in [0.25, 0.3) is 0 Å². The molecule has 1 saturated heterocycles. The number of pyridine rings is 1. The van der Waals surface area contributed by atoms with Gasteiger partial charge in [0.2, 0.25) is 0 Å². The van der Waals surface area contributed by atoms with Gasteiger partial charge in [-0.25, -0.2) is 4.98 Å². The number of anilines is 1. The Balaban J connectivity index is 2.06. The molecule has 0 aromatic carbocycles. The quantitative estimate of drug-likeness (QED) is 0.868. The number of hydrogen-bond acceptors (Lipinski definition) is 4. The van der Waals surface area contributed by atoms with Crippen LogP contribution in [0.1, 0.15) is 31.9 Å². The number of ether oxygens (including phenoxy) is 1. The SMILES string of the molecule is CC[C@H]1CO[C@H](c2ccc(N)nc2)CN1CC. The molecule has 0 amide bonds. The van der Waals surface area contributed by atoms with E-state index in [4.69, 9.17) is 10.5 Å². The topological polar surface area (TPSA) is 51.4 Å². The first-order valence-corrected chi connectivity index (χ1v) is 6.31. The summed E-state index contributed by atoms with van der Waals surface area (Å²) in [7, 11) is 0. The van der Waals surface area contributed by atoms with Gasteiger partial charge in [0.25, 0.3) is 0 Å². The zero-order valence-electron chi connectivity index (χ0n) is 10.6. The fourth-order valence-corrected chi connectivity index (χ4v) is 2.32. The molecule has 2 rings (SSSR count). The maximum Gasteiger partial charge on any atom is 0.123 e. The molecule has 2 heterocycles. The molecule has 2 N–H and O–H groups in total. The molecular formula is C13H21N3O. The number of morpholine rings is 1. The van der Waals surface area contributed by atoms with Gasteiger partial charge in [-0.2, -0.15) is 0 Å². The van der Waals surface area contributed by atoms with E-state index in [1.54, 1.807) is 0 Å².